The number of piperazine rings is 1. The summed E-state index contributed by atoms with van der Waals surface area (Å²) in [7, 11) is 0. The van der Waals surface area contributed by atoms with Crippen LogP contribution in [0.1, 0.15) is 5.56 Å². The Kier molecular flexibility index (Phi) is 5.20. The number of carbonyl (C=O) groups is 1. The molecule has 0 bridgehead atoms. The molecule has 4 rings (SSSR count). The Bertz CT molecular complexity index is 1110. The van der Waals surface area contributed by atoms with Gasteiger partial charge < -0.3 is 9.80 Å². The Morgan fingerprint density at radius 3 is 2.62 bits per heavy atom. The molecule has 1 fully saturated rings. The minimum atomic E-state index is -0.325. The normalized spacial score (nSPS) is 14.3. The van der Waals surface area contributed by atoms with Crippen LogP contribution in [0.4, 0.5) is 10.2 Å². The summed E-state index contributed by atoms with van der Waals surface area (Å²) in [5.41, 5.74) is 2.70. The van der Waals surface area contributed by atoms with Gasteiger partial charge in [-0.3, -0.25) is 4.79 Å². The number of benzene rings is 2. The van der Waals surface area contributed by atoms with E-state index in [-0.39, 0.29) is 11.7 Å². The van der Waals surface area contributed by atoms with Gasteiger partial charge in [0.25, 0.3) is 0 Å². The summed E-state index contributed by atoms with van der Waals surface area (Å²) in [6, 6.07) is 8.55. The average Bonchev–Trinajstić information content (AvgIpc) is 2.74. The number of amides is 1. The zero-order valence-corrected chi connectivity index (χ0v) is 16.8. The minimum Gasteiger partial charge on any atom is -0.352 e. The van der Waals surface area contributed by atoms with Crippen LogP contribution in [0.3, 0.4) is 0 Å². The molecule has 2 heterocycles. The van der Waals surface area contributed by atoms with Gasteiger partial charge in [-0.15, -0.1) is 0 Å². The number of anilines is 1. The molecule has 7 heteroatoms. The maximum atomic E-state index is 14.4. The van der Waals surface area contributed by atoms with Gasteiger partial charge in [0, 0.05) is 47.7 Å². The largest absolute Gasteiger partial charge is 0.352 e. The topological polar surface area (TPSA) is 49.3 Å². The van der Waals surface area contributed by atoms with Crippen LogP contribution < -0.4 is 4.90 Å². The van der Waals surface area contributed by atoms with E-state index in [0.29, 0.717) is 47.8 Å². The third-order valence-electron chi connectivity index (χ3n) is 5.18. The standard InChI is InChI=1S/C22H20ClFN4O/c1-3-21(29)27-6-8-28(9-7-27)22-17-11-18(23)15(12-20(17)25-13-26-22)16-10-14(2)4-5-19(16)24/h3-5,10-13H,1,6-9H2,2H3. The Hall–Kier alpha value is -2.99. The van der Waals surface area contributed by atoms with E-state index in [2.05, 4.69) is 21.4 Å². The molecular weight excluding hydrogens is 391 g/mol. The zero-order chi connectivity index (χ0) is 20.5. The Morgan fingerprint density at radius 2 is 1.90 bits per heavy atom. The van der Waals surface area contributed by atoms with Gasteiger partial charge in [0.15, 0.2) is 0 Å². The van der Waals surface area contributed by atoms with Crippen molar-refractivity contribution >= 4 is 34.2 Å². The van der Waals surface area contributed by atoms with Crippen LogP contribution in [0.5, 0.6) is 0 Å². The second-order valence-electron chi connectivity index (χ2n) is 7.05. The molecule has 1 aliphatic heterocycles. The number of hydrogen-bond donors (Lipinski definition) is 0. The molecule has 0 radical (unpaired) electrons. The van der Waals surface area contributed by atoms with Crippen molar-refractivity contribution in [1.29, 1.82) is 0 Å². The van der Waals surface area contributed by atoms with Gasteiger partial charge in [-0.2, -0.15) is 0 Å². The second-order valence-corrected chi connectivity index (χ2v) is 7.45. The summed E-state index contributed by atoms with van der Waals surface area (Å²) in [5.74, 6) is 0.373. The highest BCUT2D eigenvalue weighted by molar-refractivity contribution is 6.34. The molecule has 5 nitrogen and oxygen atoms in total. The van der Waals surface area contributed by atoms with Crippen molar-refractivity contribution in [3.8, 4) is 11.1 Å². The molecule has 1 aliphatic rings. The maximum Gasteiger partial charge on any atom is 0.246 e. The van der Waals surface area contributed by atoms with Crippen molar-refractivity contribution in [2.75, 3.05) is 31.1 Å². The van der Waals surface area contributed by atoms with Crippen LogP contribution in [0, 0.1) is 12.7 Å². The third kappa shape index (κ3) is 3.68. The lowest BCUT2D eigenvalue weighted by molar-refractivity contribution is -0.126. The lowest BCUT2D eigenvalue weighted by Crippen LogP contribution is -2.48. The number of hydrogen-bond acceptors (Lipinski definition) is 4. The fraction of sp³-hybridized carbons (Fsp3) is 0.227. The fourth-order valence-electron chi connectivity index (χ4n) is 3.63. The molecule has 3 aromatic rings. The van der Waals surface area contributed by atoms with Crippen molar-refractivity contribution in [2.45, 2.75) is 6.92 Å². The van der Waals surface area contributed by atoms with E-state index < -0.39 is 0 Å². The molecule has 148 valence electrons. The molecule has 0 unspecified atom stereocenters. The van der Waals surface area contributed by atoms with Crippen molar-refractivity contribution < 1.29 is 9.18 Å². The maximum absolute atomic E-state index is 14.4. The number of nitrogens with zero attached hydrogens (tertiary/aromatic N) is 4. The fourth-order valence-corrected chi connectivity index (χ4v) is 3.90. The summed E-state index contributed by atoms with van der Waals surface area (Å²) in [4.78, 5) is 24.5. The number of aryl methyl sites for hydroxylation is 1. The first kappa shape index (κ1) is 19.3. The van der Waals surface area contributed by atoms with E-state index in [0.717, 1.165) is 16.8 Å². The summed E-state index contributed by atoms with van der Waals surface area (Å²) < 4.78 is 14.4. The zero-order valence-electron chi connectivity index (χ0n) is 16.0. The SMILES string of the molecule is C=CC(=O)N1CCN(c2ncnc3cc(-c4cc(C)ccc4F)c(Cl)cc23)CC1. The molecule has 0 saturated carbocycles. The third-order valence-corrected chi connectivity index (χ3v) is 5.49. The van der Waals surface area contributed by atoms with Gasteiger partial charge in [0.1, 0.15) is 18.0 Å². The predicted octanol–water partition coefficient (Wildman–Crippen LogP) is 4.23. The highest BCUT2D eigenvalue weighted by atomic mass is 35.5. The van der Waals surface area contributed by atoms with Gasteiger partial charge in [-0.25, -0.2) is 14.4 Å². The highest BCUT2D eigenvalue weighted by Gasteiger charge is 2.22. The number of aromatic nitrogens is 2. The summed E-state index contributed by atoms with van der Waals surface area (Å²) in [6.07, 6.45) is 2.84. The van der Waals surface area contributed by atoms with E-state index in [1.54, 1.807) is 29.2 Å². The molecule has 29 heavy (non-hydrogen) atoms. The minimum absolute atomic E-state index is 0.0648. The molecular formula is C22H20ClFN4O. The van der Waals surface area contributed by atoms with Gasteiger partial charge in [-0.05, 0) is 37.3 Å². The van der Waals surface area contributed by atoms with Crippen molar-refractivity contribution in [3.63, 3.8) is 0 Å². The lowest BCUT2D eigenvalue weighted by atomic mass is 10.0. The summed E-state index contributed by atoms with van der Waals surface area (Å²) in [5, 5.41) is 1.25. The molecule has 0 atom stereocenters. The van der Waals surface area contributed by atoms with E-state index in [1.807, 2.05) is 6.92 Å². The van der Waals surface area contributed by atoms with E-state index in [9.17, 15) is 9.18 Å². The Morgan fingerprint density at radius 1 is 1.14 bits per heavy atom. The first-order valence-electron chi connectivity index (χ1n) is 9.35. The molecule has 1 saturated heterocycles. The number of halogens is 2. The van der Waals surface area contributed by atoms with Gasteiger partial charge in [-0.1, -0.05) is 29.8 Å². The first-order valence-corrected chi connectivity index (χ1v) is 9.73. The number of rotatable bonds is 3. The molecule has 1 amide bonds. The van der Waals surface area contributed by atoms with E-state index >= 15 is 0 Å². The monoisotopic (exact) mass is 410 g/mol. The lowest BCUT2D eigenvalue weighted by Gasteiger charge is -2.35. The van der Waals surface area contributed by atoms with E-state index in [1.165, 1.54) is 18.5 Å². The predicted molar refractivity (Wildman–Crippen MR) is 114 cm³/mol. The van der Waals surface area contributed by atoms with Crippen LogP contribution in [0.2, 0.25) is 5.02 Å². The molecule has 0 N–H and O–H groups in total. The van der Waals surface area contributed by atoms with Gasteiger partial charge >= 0.3 is 0 Å². The van der Waals surface area contributed by atoms with Crippen LogP contribution >= 0.6 is 11.6 Å². The molecule has 1 aromatic heterocycles. The Balaban J connectivity index is 1.72. The number of fused-ring (bicyclic) bond motifs is 1. The summed E-state index contributed by atoms with van der Waals surface area (Å²) in [6.45, 7) is 7.94. The van der Waals surface area contributed by atoms with Crippen molar-refractivity contribution in [1.82, 2.24) is 14.9 Å². The molecule has 0 spiro atoms. The van der Waals surface area contributed by atoms with Gasteiger partial charge in [0.2, 0.25) is 5.91 Å². The smallest absolute Gasteiger partial charge is 0.246 e. The number of carbonyl (C=O) groups excluding carboxylic acids is 1. The van der Waals surface area contributed by atoms with Crippen molar-refractivity contribution in [2.24, 2.45) is 0 Å². The van der Waals surface area contributed by atoms with Crippen LogP contribution in [0.25, 0.3) is 22.0 Å². The highest BCUT2D eigenvalue weighted by Crippen LogP contribution is 2.36. The van der Waals surface area contributed by atoms with Crippen LogP contribution in [-0.2, 0) is 4.79 Å². The second kappa shape index (κ2) is 7.79. The van der Waals surface area contributed by atoms with E-state index in [4.69, 9.17) is 11.6 Å². The van der Waals surface area contributed by atoms with Crippen LogP contribution in [0.15, 0.2) is 49.3 Å². The van der Waals surface area contributed by atoms with Gasteiger partial charge in [0.05, 0.1) is 5.52 Å². The molecule has 0 aliphatic carbocycles. The quantitative estimate of drug-likeness (QED) is 0.606. The van der Waals surface area contributed by atoms with Crippen LogP contribution in [-0.4, -0.2) is 47.0 Å². The molecule has 2 aromatic carbocycles. The Labute approximate surface area is 173 Å². The van der Waals surface area contributed by atoms with Crippen molar-refractivity contribution in [3.05, 3.63) is 65.7 Å². The first-order chi connectivity index (χ1) is 14.0. The summed E-state index contributed by atoms with van der Waals surface area (Å²) >= 11 is 6.55. The average molecular weight is 411 g/mol.